The summed E-state index contributed by atoms with van der Waals surface area (Å²) in [6, 6.07) is 5.95. The van der Waals surface area contributed by atoms with E-state index in [4.69, 9.17) is 11.6 Å². The summed E-state index contributed by atoms with van der Waals surface area (Å²) in [5.41, 5.74) is 2.82. The van der Waals surface area contributed by atoms with Gasteiger partial charge < -0.3 is 19.0 Å². The highest BCUT2D eigenvalue weighted by molar-refractivity contribution is 6.31. The van der Waals surface area contributed by atoms with E-state index in [1.54, 1.807) is 46.4 Å². The van der Waals surface area contributed by atoms with Crippen molar-refractivity contribution in [3.8, 4) is 5.69 Å². The van der Waals surface area contributed by atoms with Crippen LogP contribution in [0, 0.1) is 12.7 Å². The molecule has 0 bridgehead atoms. The van der Waals surface area contributed by atoms with E-state index in [-0.39, 0.29) is 22.5 Å². The van der Waals surface area contributed by atoms with E-state index < -0.39 is 5.82 Å². The van der Waals surface area contributed by atoms with Crippen molar-refractivity contribution in [3.05, 3.63) is 81.1 Å². The van der Waals surface area contributed by atoms with Crippen LogP contribution in [0.3, 0.4) is 0 Å². The predicted molar refractivity (Wildman–Crippen MR) is 115 cm³/mol. The van der Waals surface area contributed by atoms with Crippen LogP contribution in [-0.4, -0.2) is 36.5 Å². The fraction of sp³-hybridized carbons (Fsp3) is 0.227. The number of carbonyl (C=O) groups is 1. The summed E-state index contributed by atoms with van der Waals surface area (Å²) in [5.74, 6) is -0.728. The maximum Gasteiger partial charge on any atom is 0.275 e. The average molecular weight is 440 g/mol. The minimum atomic E-state index is -0.499. The highest BCUT2D eigenvalue weighted by atomic mass is 35.5. The summed E-state index contributed by atoms with van der Waals surface area (Å²) in [6.07, 6.45) is 5.13. The second kappa shape index (κ2) is 7.09. The topological polar surface area (TPSA) is 75.9 Å². The average Bonchev–Trinajstić information content (AvgIpc) is 3.35. The quantitative estimate of drug-likeness (QED) is 0.527. The molecule has 0 saturated heterocycles. The summed E-state index contributed by atoms with van der Waals surface area (Å²) in [4.78, 5) is 35.2. The number of hydrogen-bond donors (Lipinski definition) is 1. The smallest absolute Gasteiger partial charge is 0.275 e. The number of benzene rings is 1. The van der Waals surface area contributed by atoms with Gasteiger partial charge >= 0.3 is 0 Å². The Morgan fingerprint density at radius 1 is 1.23 bits per heavy atom. The van der Waals surface area contributed by atoms with Crippen LogP contribution in [0.15, 0.2) is 47.8 Å². The Hall–Kier alpha value is -3.39. The lowest BCUT2D eigenvalue weighted by Crippen LogP contribution is -2.45. The van der Waals surface area contributed by atoms with Crippen molar-refractivity contribution in [3.63, 3.8) is 0 Å². The molecule has 31 heavy (non-hydrogen) atoms. The number of hydrogen-bond acceptors (Lipinski definition) is 3. The molecule has 1 aliphatic rings. The second-order valence-electron chi connectivity index (χ2n) is 7.71. The molecule has 1 N–H and O–H groups in total. The number of pyridine rings is 1. The van der Waals surface area contributed by atoms with Crippen LogP contribution in [0.5, 0.6) is 0 Å². The number of aromatic amines is 1. The molecule has 158 valence electrons. The molecule has 1 aromatic carbocycles. The normalized spacial score (nSPS) is 14.8. The highest BCUT2D eigenvalue weighted by Gasteiger charge is 2.31. The van der Waals surface area contributed by atoms with Gasteiger partial charge in [0.25, 0.3) is 11.5 Å². The number of aromatic nitrogens is 4. The fourth-order valence-electron chi connectivity index (χ4n) is 4.20. The van der Waals surface area contributed by atoms with Crippen molar-refractivity contribution >= 4 is 28.4 Å². The minimum absolute atomic E-state index is 0.0321. The van der Waals surface area contributed by atoms with Gasteiger partial charge in [0.05, 0.1) is 23.1 Å². The zero-order valence-electron chi connectivity index (χ0n) is 16.9. The molecule has 0 aliphatic carbocycles. The molecule has 1 aliphatic heterocycles. The lowest BCUT2D eigenvalue weighted by Gasteiger charge is -2.34. The Labute approximate surface area is 181 Å². The zero-order valence-corrected chi connectivity index (χ0v) is 17.7. The van der Waals surface area contributed by atoms with Crippen LogP contribution >= 0.6 is 11.6 Å². The molecular weight excluding hydrogens is 421 g/mol. The number of fused-ring (bicyclic) bond motifs is 2. The van der Waals surface area contributed by atoms with Crippen molar-refractivity contribution in [1.82, 2.24) is 24.0 Å². The molecule has 1 atom stereocenters. The van der Waals surface area contributed by atoms with Gasteiger partial charge in [0, 0.05) is 36.4 Å². The maximum absolute atomic E-state index is 13.8. The largest absolute Gasteiger partial charge is 0.361 e. The molecule has 7 nitrogen and oxygen atoms in total. The van der Waals surface area contributed by atoms with Crippen LogP contribution in [-0.2, 0) is 6.54 Å². The van der Waals surface area contributed by atoms with Gasteiger partial charge in [-0.25, -0.2) is 9.37 Å². The maximum atomic E-state index is 13.8. The molecule has 0 fully saturated rings. The third kappa shape index (κ3) is 3.06. The first kappa shape index (κ1) is 19.6. The molecule has 1 amide bonds. The van der Waals surface area contributed by atoms with Crippen molar-refractivity contribution in [2.75, 3.05) is 6.54 Å². The van der Waals surface area contributed by atoms with Gasteiger partial charge in [-0.1, -0.05) is 11.6 Å². The van der Waals surface area contributed by atoms with Gasteiger partial charge in [-0.2, -0.15) is 0 Å². The van der Waals surface area contributed by atoms with Gasteiger partial charge in [0.2, 0.25) is 0 Å². The Bertz CT molecular complexity index is 1400. The number of rotatable bonds is 3. The fourth-order valence-corrected chi connectivity index (χ4v) is 4.37. The predicted octanol–water partition coefficient (Wildman–Crippen LogP) is 3.83. The van der Waals surface area contributed by atoms with E-state index in [0.717, 1.165) is 16.6 Å². The summed E-state index contributed by atoms with van der Waals surface area (Å²) >= 11 is 5.97. The van der Waals surface area contributed by atoms with E-state index in [9.17, 15) is 14.0 Å². The van der Waals surface area contributed by atoms with Crippen molar-refractivity contribution in [1.29, 1.82) is 0 Å². The third-order valence-corrected chi connectivity index (χ3v) is 6.15. The number of nitrogens with zero attached hydrogens (tertiary/aromatic N) is 4. The number of nitrogens with one attached hydrogen (secondary N) is 1. The van der Waals surface area contributed by atoms with Gasteiger partial charge in [-0.15, -0.1) is 0 Å². The third-order valence-electron chi connectivity index (χ3n) is 5.86. The van der Waals surface area contributed by atoms with Crippen LogP contribution in [0.25, 0.3) is 16.6 Å². The van der Waals surface area contributed by atoms with Crippen molar-refractivity contribution < 1.29 is 9.18 Å². The van der Waals surface area contributed by atoms with Gasteiger partial charge in [0.1, 0.15) is 17.2 Å². The zero-order chi connectivity index (χ0) is 21.9. The summed E-state index contributed by atoms with van der Waals surface area (Å²) in [5, 5.41) is 0.796. The molecule has 1 unspecified atom stereocenters. The summed E-state index contributed by atoms with van der Waals surface area (Å²) < 4.78 is 17.0. The Balaban J connectivity index is 1.51. The molecule has 0 spiro atoms. The number of imidazole rings is 1. The van der Waals surface area contributed by atoms with Crippen LogP contribution in [0.1, 0.15) is 34.7 Å². The highest BCUT2D eigenvalue weighted by Crippen LogP contribution is 2.32. The number of aryl methyl sites for hydroxylation is 1. The molecule has 0 radical (unpaired) electrons. The second-order valence-corrected chi connectivity index (χ2v) is 8.12. The first-order chi connectivity index (χ1) is 14.8. The summed E-state index contributed by atoms with van der Waals surface area (Å²) in [6.45, 7) is 4.51. The monoisotopic (exact) mass is 439 g/mol. The standard InChI is InChI=1S/C22H19ClFN5O2/c1-12-10-27(11-26-12)19-3-4-20-22(31)28(5-6-29(20)21(19)30)13(2)15-9-25-18-8-17(24)16(23)7-14(15)18/h3-4,7-11,13,25H,5-6H2,1-2H3. The van der Waals surface area contributed by atoms with E-state index in [1.165, 1.54) is 10.6 Å². The minimum Gasteiger partial charge on any atom is -0.361 e. The first-order valence-corrected chi connectivity index (χ1v) is 10.2. The Morgan fingerprint density at radius 3 is 2.77 bits per heavy atom. The van der Waals surface area contributed by atoms with Crippen LogP contribution < -0.4 is 5.56 Å². The number of H-pyrrole nitrogens is 1. The number of halogens is 2. The molecule has 4 aromatic rings. The van der Waals surface area contributed by atoms with E-state index in [0.29, 0.717) is 30.0 Å². The number of amides is 1. The lowest BCUT2D eigenvalue weighted by atomic mass is 10.0. The van der Waals surface area contributed by atoms with E-state index >= 15 is 0 Å². The van der Waals surface area contributed by atoms with E-state index in [1.807, 2.05) is 13.8 Å². The summed E-state index contributed by atoms with van der Waals surface area (Å²) in [7, 11) is 0. The first-order valence-electron chi connectivity index (χ1n) is 9.87. The van der Waals surface area contributed by atoms with Gasteiger partial charge in [-0.3, -0.25) is 9.59 Å². The van der Waals surface area contributed by atoms with E-state index in [2.05, 4.69) is 9.97 Å². The van der Waals surface area contributed by atoms with Gasteiger partial charge in [-0.05, 0) is 43.7 Å². The Kier molecular flexibility index (Phi) is 4.48. The van der Waals surface area contributed by atoms with Crippen molar-refractivity contribution in [2.24, 2.45) is 0 Å². The number of carbonyl (C=O) groups excluding carboxylic acids is 1. The molecule has 9 heteroatoms. The van der Waals surface area contributed by atoms with Crippen molar-refractivity contribution in [2.45, 2.75) is 26.4 Å². The molecular formula is C22H19ClFN5O2. The molecule has 5 rings (SSSR count). The SMILES string of the molecule is Cc1cn(-c2ccc3n(c2=O)CCN(C(C)c2c[nH]c4cc(F)c(Cl)cc24)C3=O)cn1. The van der Waals surface area contributed by atoms with Crippen LogP contribution in [0.2, 0.25) is 5.02 Å². The molecule has 3 aromatic heterocycles. The Morgan fingerprint density at radius 2 is 2.03 bits per heavy atom. The molecule has 4 heterocycles. The molecule has 0 saturated carbocycles. The van der Waals surface area contributed by atoms with Crippen LogP contribution in [0.4, 0.5) is 4.39 Å². The lowest BCUT2D eigenvalue weighted by molar-refractivity contribution is 0.0629. The van der Waals surface area contributed by atoms with Gasteiger partial charge in [0.15, 0.2) is 0 Å².